The van der Waals surface area contributed by atoms with Gasteiger partial charge in [0.2, 0.25) is 11.7 Å². The molecule has 1 saturated heterocycles. The third-order valence-corrected chi connectivity index (χ3v) is 4.43. The Balaban J connectivity index is 1.54. The zero-order valence-corrected chi connectivity index (χ0v) is 14.5. The molecule has 0 radical (unpaired) electrons. The first-order valence-corrected chi connectivity index (χ1v) is 8.68. The van der Waals surface area contributed by atoms with E-state index < -0.39 is 0 Å². The Bertz CT molecular complexity index is 631. The number of aryl methyl sites for hydroxylation is 1. The maximum atomic E-state index is 9.46. The van der Waals surface area contributed by atoms with Crippen LogP contribution in [0.15, 0.2) is 28.8 Å². The molecule has 0 bridgehead atoms. The number of β-amino-alcohol motifs (C(OH)–C–C–N with tert-alkyl or cyclic N) is 1. The number of aliphatic hydroxyl groups is 1. The van der Waals surface area contributed by atoms with Gasteiger partial charge in [-0.15, -0.1) is 0 Å². The Morgan fingerprint density at radius 1 is 1.12 bits per heavy atom. The van der Waals surface area contributed by atoms with Gasteiger partial charge in [-0.2, -0.15) is 4.98 Å². The largest absolute Gasteiger partial charge is 0.392 e. The topological polar surface area (TPSA) is 65.6 Å². The van der Waals surface area contributed by atoms with Crippen molar-refractivity contribution in [3.63, 3.8) is 0 Å². The highest BCUT2D eigenvalue weighted by atomic mass is 16.5. The summed E-state index contributed by atoms with van der Waals surface area (Å²) in [7, 11) is 0. The second kappa shape index (κ2) is 7.88. The third-order valence-electron chi connectivity index (χ3n) is 4.43. The average molecular weight is 330 g/mol. The van der Waals surface area contributed by atoms with Crippen LogP contribution in [0.3, 0.4) is 0 Å². The Morgan fingerprint density at radius 2 is 1.79 bits per heavy atom. The van der Waals surface area contributed by atoms with E-state index in [-0.39, 0.29) is 6.10 Å². The number of aromatic nitrogens is 2. The zero-order valence-electron chi connectivity index (χ0n) is 14.5. The highest BCUT2D eigenvalue weighted by molar-refractivity contribution is 5.54. The number of aliphatic hydroxyl groups excluding tert-OH is 1. The normalized spacial score (nSPS) is 18.0. The molecule has 1 N–H and O–H groups in total. The summed E-state index contributed by atoms with van der Waals surface area (Å²) in [6.07, 6.45) is 0.757. The van der Waals surface area contributed by atoms with Crippen LogP contribution < -0.4 is 0 Å². The van der Waals surface area contributed by atoms with E-state index in [1.165, 1.54) is 5.56 Å². The first kappa shape index (κ1) is 17.1. The molecule has 1 aromatic heterocycles. The second-order valence-electron chi connectivity index (χ2n) is 6.49. The van der Waals surface area contributed by atoms with Crippen LogP contribution >= 0.6 is 0 Å². The van der Waals surface area contributed by atoms with E-state index in [0.29, 0.717) is 18.3 Å². The summed E-state index contributed by atoms with van der Waals surface area (Å²) in [6.45, 7) is 9.23. The van der Waals surface area contributed by atoms with Gasteiger partial charge in [-0.3, -0.25) is 9.80 Å². The summed E-state index contributed by atoms with van der Waals surface area (Å²) in [5, 5.41) is 13.6. The number of hydrogen-bond acceptors (Lipinski definition) is 6. The molecule has 1 fully saturated rings. The monoisotopic (exact) mass is 330 g/mol. The highest BCUT2D eigenvalue weighted by Crippen LogP contribution is 2.17. The first-order valence-electron chi connectivity index (χ1n) is 8.68. The molecule has 0 amide bonds. The second-order valence-corrected chi connectivity index (χ2v) is 6.49. The van der Waals surface area contributed by atoms with Gasteiger partial charge in [-0.25, -0.2) is 0 Å². The summed E-state index contributed by atoms with van der Waals surface area (Å²) in [6, 6.07) is 8.30. The van der Waals surface area contributed by atoms with Crippen molar-refractivity contribution < 1.29 is 9.63 Å². The smallest absolute Gasteiger partial charge is 0.241 e. The average Bonchev–Trinajstić information content (AvgIpc) is 3.05. The highest BCUT2D eigenvalue weighted by Gasteiger charge is 2.20. The van der Waals surface area contributed by atoms with Gasteiger partial charge >= 0.3 is 0 Å². The molecule has 24 heavy (non-hydrogen) atoms. The first-order chi connectivity index (χ1) is 11.6. The van der Waals surface area contributed by atoms with E-state index in [2.05, 4.69) is 39.0 Å². The standard InChI is InChI=1S/C18H26N4O2/c1-3-15-4-6-16(7-5-15)18-19-17(24-20-18)13-22-10-8-21(9-11-22)12-14(2)23/h4-7,14,23H,3,8-13H2,1-2H3. The molecule has 1 aliphatic heterocycles. The minimum Gasteiger partial charge on any atom is -0.392 e. The van der Waals surface area contributed by atoms with Crippen LogP contribution in [-0.4, -0.2) is 63.9 Å². The van der Waals surface area contributed by atoms with Gasteiger partial charge < -0.3 is 9.63 Å². The van der Waals surface area contributed by atoms with E-state index in [1.54, 1.807) is 0 Å². The fourth-order valence-corrected chi connectivity index (χ4v) is 3.02. The molecule has 6 nitrogen and oxygen atoms in total. The SMILES string of the molecule is CCc1ccc(-c2noc(CN3CCN(CC(C)O)CC3)n2)cc1. The summed E-state index contributed by atoms with van der Waals surface area (Å²) < 4.78 is 5.41. The molecule has 1 aromatic carbocycles. The van der Waals surface area contributed by atoms with Crippen LogP contribution in [0.2, 0.25) is 0 Å². The fraction of sp³-hybridized carbons (Fsp3) is 0.556. The van der Waals surface area contributed by atoms with E-state index in [9.17, 15) is 5.11 Å². The van der Waals surface area contributed by atoms with Crippen LogP contribution in [0.25, 0.3) is 11.4 Å². The molecule has 2 aromatic rings. The molecule has 0 spiro atoms. The molecule has 1 aliphatic rings. The van der Waals surface area contributed by atoms with Crippen molar-refractivity contribution in [1.29, 1.82) is 0 Å². The van der Waals surface area contributed by atoms with Gasteiger partial charge in [0.25, 0.3) is 0 Å². The number of nitrogens with zero attached hydrogens (tertiary/aromatic N) is 4. The number of piperazine rings is 1. The van der Waals surface area contributed by atoms with Crippen molar-refractivity contribution >= 4 is 0 Å². The van der Waals surface area contributed by atoms with E-state index in [4.69, 9.17) is 4.52 Å². The molecular formula is C18H26N4O2. The predicted molar refractivity (Wildman–Crippen MR) is 92.5 cm³/mol. The molecule has 6 heteroatoms. The van der Waals surface area contributed by atoms with Gasteiger partial charge in [0.1, 0.15) is 0 Å². The van der Waals surface area contributed by atoms with Crippen LogP contribution in [0.4, 0.5) is 0 Å². The van der Waals surface area contributed by atoms with Gasteiger partial charge in [-0.05, 0) is 18.9 Å². The van der Waals surface area contributed by atoms with Crippen molar-refractivity contribution in [3.05, 3.63) is 35.7 Å². The van der Waals surface area contributed by atoms with Crippen molar-refractivity contribution in [3.8, 4) is 11.4 Å². The Morgan fingerprint density at radius 3 is 2.42 bits per heavy atom. The van der Waals surface area contributed by atoms with Crippen molar-refractivity contribution in [2.24, 2.45) is 0 Å². The molecule has 1 atom stereocenters. The predicted octanol–water partition coefficient (Wildman–Crippen LogP) is 1.80. The summed E-state index contributed by atoms with van der Waals surface area (Å²) in [5.74, 6) is 1.31. The minimum absolute atomic E-state index is 0.269. The van der Waals surface area contributed by atoms with Gasteiger partial charge in [-0.1, -0.05) is 36.3 Å². The van der Waals surface area contributed by atoms with Crippen molar-refractivity contribution in [1.82, 2.24) is 19.9 Å². The summed E-state index contributed by atoms with van der Waals surface area (Å²) in [4.78, 5) is 9.13. The lowest BCUT2D eigenvalue weighted by Gasteiger charge is -2.34. The number of benzene rings is 1. The zero-order chi connectivity index (χ0) is 16.9. The molecule has 2 heterocycles. The molecular weight excluding hydrogens is 304 g/mol. The maximum absolute atomic E-state index is 9.46. The lowest BCUT2D eigenvalue weighted by molar-refractivity contribution is 0.0737. The van der Waals surface area contributed by atoms with E-state index >= 15 is 0 Å². The van der Waals surface area contributed by atoms with Crippen molar-refractivity contribution in [2.75, 3.05) is 32.7 Å². The lowest BCUT2D eigenvalue weighted by atomic mass is 10.1. The number of hydrogen-bond donors (Lipinski definition) is 1. The summed E-state index contributed by atoms with van der Waals surface area (Å²) in [5.41, 5.74) is 2.29. The molecule has 3 rings (SSSR count). The quantitative estimate of drug-likeness (QED) is 0.871. The molecule has 0 saturated carbocycles. The summed E-state index contributed by atoms with van der Waals surface area (Å²) >= 11 is 0. The van der Waals surface area contributed by atoms with Crippen LogP contribution in [0.5, 0.6) is 0 Å². The van der Waals surface area contributed by atoms with Crippen LogP contribution in [0, 0.1) is 0 Å². The number of rotatable bonds is 6. The van der Waals surface area contributed by atoms with E-state index in [1.807, 2.05) is 19.1 Å². The van der Waals surface area contributed by atoms with E-state index in [0.717, 1.165) is 44.7 Å². The Labute approximate surface area is 143 Å². The molecule has 1 unspecified atom stereocenters. The maximum Gasteiger partial charge on any atom is 0.241 e. The fourth-order valence-electron chi connectivity index (χ4n) is 3.02. The van der Waals surface area contributed by atoms with Gasteiger partial charge in [0, 0.05) is 38.3 Å². The minimum atomic E-state index is -0.269. The third kappa shape index (κ3) is 4.41. The molecule has 0 aliphatic carbocycles. The van der Waals surface area contributed by atoms with Gasteiger partial charge in [0.05, 0.1) is 12.6 Å². The van der Waals surface area contributed by atoms with Gasteiger partial charge in [0.15, 0.2) is 0 Å². The Hall–Kier alpha value is -1.76. The van der Waals surface area contributed by atoms with Crippen molar-refractivity contribution in [2.45, 2.75) is 32.9 Å². The van der Waals surface area contributed by atoms with Crippen LogP contribution in [0.1, 0.15) is 25.3 Å². The van der Waals surface area contributed by atoms with Crippen LogP contribution in [-0.2, 0) is 13.0 Å². The molecule has 130 valence electrons. The Kier molecular flexibility index (Phi) is 5.60. The lowest BCUT2D eigenvalue weighted by Crippen LogP contribution is -2.47.